The van der Waals surface area contributed by atoms with Gasteiger partial charge in [0.15, 0.2) is 0 Å². The van der Waals surface area contributed by atoms with Gasteiger partial charge in [0.1, 0.15) is 5.76 Å². The van der Waals surface area contributed by atoms with Crippen molar-refractivity contribution in [3.05, 3.63) is 17.9 Å². The third-order valence-electron chi connectivity index (χ3n) is 3.50. The van der Waals surface area contributed by atoms with E-state index in [-0.39, 0.29) is 5.09 Å². The van der Waals surface area contributed by atoms with Crippen molar-refractivity contribution in [3.63, 3.8) is 0 Å². The fourth-order valence-electron chi connectivity index (χ4n) is 2.34. The molecule has 0 atom stereocenters. The number of nitrogens with one attached hydrogen (secondary N) is 2. The van der Waals surface area contributed by atoms with E-state index in [9.17, 15) is 8.42 Å². The van der Waals surface area contributed by atoms with Gasteiger partial charge in [-0.25, -0.2) is 13.1 Å². The molecular formula is C13H23N3O3S. The van der Waals surface area contributed by atoms with E-state index in [0.29, 0.717) is 12.3 Å². The summed E-state index contributed by atoms with van der Waals surface area (Å²) >= 11 is 0. The van der Waals surface area contributed by atoms with Crippen LogP contribution in [0.15, 0.2) is 21.6 Å². The Morgan fingerprint density at radius 1 is 1.30 bits per heavy atom. The van der Waals surface area contributed by atoms with Crippen LogP contribution < -0.4 is 10.0 Å². The predicted molar refractivity (Wildman–Crippen MR) is 77.0 cm³/mol. The molecule has 2 heterocycles. The molecule has 7 heteroatoms. The summed E-state index contributed by atoms with van der Waals surface area (Å²) in [5.41, 5.74) is 0. The highest BCUT2D eigenvalue weighted by Crippen LogP contribution is 2.13. The topological polar surface area (TPSA) is 74.6 Å². The first-order chi connectivity index (χ1) is 9.62. The maximum Gasteiger partial charge on any atom is 0.273 e. The summed E-state index contributed by atoms with van der Waals surface area (Å²) in [6, 6.07) is 3.17. The lowest BCUT2D eigenvalue weighted by molar-refractivity contribution is 0.328. The standard InChI is InChI=1S/C13H23N3O3S/c1-14-20(17,18)13-6-5-12(19-13)11-15-7-4-10-16-8-2-3-9-16/h5-6,14-15H,2-4,7-11H2,1H3. The van der Waals surface area contributed by atoms with Gasteiger partial charge < -0.3 is 14.6 Å². The highest BCUT2D eigenvalue weighted by Gasteiger charge is 2.16. The van der Waals surface area contributed by atoms with E-state index in [2.05, 4.69) is 14.9 Å². The fourth-order valence-corrected chi connectivity index (χ4v) is 3.01. The lowest BCUT2D eigenvalue weighted by Gasteiger charge is -2.13. The van der Waals surface area contributed by atoms with E-state index in [4.69, 9.17) is 4.42 Å². The van der Waals surface area contributed by atoms with Crippen LogP contribution in [0.2, 0.25) is 0 Å². The number of furan rings is 1. The first-order valence-corrected chi connectivity index (χ1v) is 8.55. The zero-order valence-corrected chi connectivity index (χ0v) is 12.7. The van der Waals surface area contributed by atoms with E-state index < -0.39 is 10.0 Å². The van der Waals surface area contributed by atoms with Crippen molar-refractivity contribution in [1.82, 2.24) is 14.9 Å². The summed E-state index contributed by atoms with van der Waals surface area (Å²) in [6.07, 6.45) is 3.74. The van der Waals surface area contributed by atoms with Gasteiger partial charge in [-0.2, -0.15) is 0 Å². The molecule has 0 saturated carbocycles. The van der Waals surface area contributed by atoms with Gasteiger partial charge >= 0.3 is 0 Å². The molecule has 0 aliphatic carbocycles. The SMILES string of the molecule is CNS(=O)(=O)c1ccc(CNCCCN2CCCC2)o1. The van der Waals surface area contributed by atoms with Crippen molar-refractivity contribution in [1.29, 1.82) is 0 Å². The lowest BCUT2D eigenvalue weighted by atomic mass is 10.3. The summed E-state index contributed by atoms with van der Waals surface area (Å²) < 4.78 is 30.5. The van der Waals surface area contributed by atoms with Crippen LogP contribution in [0.25, 0.3) is 0 Å². The molecule has 114 valence electrons. The minimum atomic E-state index is -3.47. The molecule has 0 spiro atoms. The van der Waals surface area contributed by atoms with Gasteiger partial charge in [-0.15, -0.1) is 0 Å². The molecule has 6 nitrogen and oxygen atoms in total. The molecule has 1 aromatic rings. The second-order valence-corrected chi connectivity index (χ2v) is 6.82. The largest absolute Gasteiger partial charge is 0.447 e. The number of nitrogens with zero attached hydrogens (tertiary/aromatic N) is 1. The summed E-state index contributed by atoms with van der Waals surface area (Å²) in [4.78, 5) is 2.48. The molecule has 1 fully saturated rings. The number of sulfonamides is 1. The van der Waals surface area contributed by atoms with Gasteiger partial charge in [0, 0.05) is 0 Å². The molecule has 0 unspecified atom stereocenters. The Balaban J connectivity index is 1.67. The summed E-state index contributed by atoms with van der Waals surface area (Å²) in [5, 5.41) is 3.24. The molecule has 2 N–H and O–H groups in total. The number of hydrogen-bond acceptors (Lipinski definition) is 5. The number of hydrogen-bond donors (Lipinski definition) is 2. The van der Waals surface area contributed by atoms with Gasteiger partial charge in [-0.05, 0) is 64.6 Å². The van der Waals surface area contributed by atoms with Crippen molar-refractivity contribution in [2.24, 2.45) is 0 Å². The van der Waals surface area contributed by atoms with Crippen LogP contribution in [0.4, 0.5) is 0 Å². The molecule has 0 amide bonds. The van der Waals surface area contributed by atoms with E-state index in [1.807, 2.05) is 0 Å². The van der Waals surface area contributed by atoms with Crippen LogP contribution in [0, 0.1) is 0 Å². The Bertz CT molecular complexity index is 507. The van der Waals surface area contributed by atoms with Crippen molar-refractivity contribution in [2.45, 2.75) is 30.9 Å². The second-order valence-electron chi connectivity index (χ2n) is 5.01. The van der Waals surface area contributed by atoms with Crippen LogP contribution in [0.1, 0.15) is 25.0 Å². The summed E-state index contributed by atoms with van der Waals surface area (Å²) in [7, 11) is -2.11. The van der Waals surface area contributed by atoms with E-state index in [0.717, 1.165) is 19.5 Å². The van der Waals surface area contributed by atoms with Gasteiger partial charge in [0.25, 0.3) is 10.0 Å². The van der Waals surface area contributed by atoms with Crippen molar-refractivity contribution < 1.29 is 12.8 Å². The third kappa shape index (κ3) is 4.31. The quantitative estimate of drug-likeness (QED) is 0.694. The lowest BCUT2D eigenvalue weighted by Crippen LogP contribution is -2.24. The van der Waals surface area contributed by atoms with E-state index in [1.165, 1.54) is 39.0 Å². The summed E-state index contributed by atoms with van der Waals surface area (Å²) in [6.45, 7) is 5.04. The predicted octanol–water partition coefficient (Wildman–Crippen LogP) is 0.763. The van der Waals surface area contributed by atoms with E-state index >= 15 is 0 Å². The zero-order chi connectivity index (χ0) is 14.4. The molecule has 0 radical (unpaired) electrons. The number of rotatable bonds is 8. The van der Waals surface area contributed by atoms with Crippen molar-refractivity contribution in [2.75, 3.05) is 33.2 Å². The normalized spacial score (nSPS) is 16.9. The molecule has 1 aliphatic rings. The van der Waals surface area contributed by atoms with Crippen LogP contribution in [0.3, 0.4) is 0 Å². The van der Waals surface area contributed by atoms with Gasteiger partial charge in [0.05, 0.1) is 6.54 Å². The molecule has 0 bridgehead atoms. The Kier molecular flexibility index (Phi) is 5.59. The highest BCUT2D eigenvalue weighted by molar-refractivity contribution is 7.89. The molecule has 1 aromatic heterocycles. The molecule has 0 aromatic carbocycles. The Labute approximate surface area is 120 Å². The maximum absolute atomic E-state index is 11.5. The van der Waals surface area contributed by atoms with Crippen molar-refractivity contribution >= 4 is 10.0 Å². The summed E-state index contributed by atoms with van der Waals surface area (Å²) in [5.74, 6) is 0.639. The molecule has 1 saturated heterocycles. The average Bonchev–Trinajstić information content (AvgIpc) is 3.09. The number of likely N-dealkylation sites (tertiary alicyclic amines) is 1. The monoisotopic (exact) mass is 301 g/mol. The van der Waals surface area contributed by atoms with Crippen molar-refractivity contribution in [3.8, 4) is 0 Å². The Hall–Kier alpha value is -0.890. The highest BCUT2D eigenvalue weighted by atomic mass is 32.2. The third-order valence-corrected chi connectivity index (χ3v) is 4.78. The molecule has 1 aliphatic heterocycles. The first kappa shape index (κ1) is 15.5. The van der Waals surface area contributed by atoms with Gasteiger partial charge in [0.2, 0.25) is 5.09 Å². The van der Waals surface area contributed by atoms with Crippen LogP contribution >= 0.6 is 0 Å². The van der Waals surface area contributed by atoms with Gasteiger partial charge in [-0.1, -0.05) is 0 Å². The maximum atomic E-state index is 11.5. The molecular weight excluding hydrogens is 278 g/mol. The van der Waals surface area contributed by atoms with Crippen LogP contribution in [-0.4, -0.2) is 46.5 Å². The van der Waals surface area contributed by atoms with Gasteiger partial charge in [-0.3, -0.25) is 0 Å². The second kappa shape index (κ2) is 7.21. The fraction of sp³-hybridized carbons (Fsp3) is 0.692. The Morgan fingerprint density at radius 3 is 2.75 bits per heavy atom. The van der Waals surface area contributed by atoms with Crippen LogP contribution in [0.5, 0.6) is 0 Å². The van der Waals surface area contributed by atoms with E-state index in [1.54, 1.807) is 6.07 Å². The Morgan fingerprint density at radius 2 is 2.05 bits per heavy atom. The van der Waals surface area contributed by atoms with Crippen LogP contribution in [-0.2, 0) is 16.6 Å². The molecule has 20 heavy (non-hydrogen) atoms. The first-order valence-electron chi connectivity index (χ1n) is 7.07. The average molecular weight is 301 g/mol. The minimum absolute atomic E-state index is 0.0335. The smallest absolute Gasteiger partial charge is 0.273 e. The molecule has 2 rings (SSSR count). The minimum Gasteiger partial charge on any atom is -0.447 e. The zero-order valence-electron chi connectivity index (χ0n) is 11.9.